The Balaban J connectivity index is 2.11. The van der Waals surface area contributed by atoms with Crippen LogP contribution in [0.15, 0.2) is 24.3 Å². The minimum absolute atomic E-state index is 0.0913. The van der Waals surface area contributed by atoms with Crippen molar-refractivity contribution < 1.29 is 14.3 Å². The number of allylic oxidation sites excluding steroid dienone is 3. The van der Waals surface area contributed by atoms with E-state index in [0.29, 0.717) is 0 Å². The smallest absolute Gasteiger partial charge is 0.183 e. The second-order valence-corrected chi connectivity index (χ2v) is 5.06. The molecule has 0 aromatic rings. The zero-order valence-electron chi connectivity index (χ0n) is 10.5. The number of hydrogen-bond donors (Lipinski definition) is 0. The standard InChI is InChI=1S/C14H20O3/c1-12-16-14(17-12)10-6-5-9-13(14,2)8-4-3-7-11-15/h3-4,7-8,11-12H,5-6,9-10H2,1-2H3/b7-3+,8-4+/t12?,13-,14?/m1/s1. The molecule has 1 spiro atoms. The lowest BCUT2D eigenvalue weighted by atomic mass is 9.69. The zero-order valence-corrected chi connectivity index (χ0v) is 10.5. The zero-order chi connectivity index (χ0) is 12.4. The van der Waals surface area contributed by atoms with E-state index in [0.717, 1.165) is 25.5 Å². The molecule has 0 unspecified atom stereocenters. The fourth-order valence-electron chi connectivity index (χ4n) is 2.85. The number of carbonyl (C=O) groups is 1. The second kappa shape index (κ2) is 4.75. The first kappa shape index (κ1) is 12.5. The van der Waals surface area contributed by atoms with Gasteiger partial charge in [-0.1, -0.05) is 31.6 Å². The van der Waals surface area contributed by atoms with E-state index in [4.69, 9.17) is 9.47 Å². The van der Waals surface area contributed by atoms with E-state index in [9.17, 15) is 4.79 Å². The van der Waals surface area contributed by atoms with Crippen LogP contribution in [0.2, 0.25) is 0 Å². The number of carbonyl (C=O) groups excluding carboxylic acids is 1. The van der Waals surface area contributed by atoms with Crippen LogP contribution < -0.4 is 0 Å². The van der Waals surface area contributed by atoms with Gasteiger partial charge in [-0.05, 0) is 25.8 Å². The van der Waals surface area contributed by atoms with Gasteiger partial charge in [0.15, 0.2) is 12.1 Å². The van der Waals surface area contributed by atoms with Crippen LogP contribution in [0.4, 0.5) is 0 Å². The maximum atomic E-state index is 10.2. The van der Waals surface area contributed by atoms with Crippen molar-refractivity contribution >= 4 is 6.29 Å². The van der Waals surface area contributed by atoms with Gasteiger partial charge in [0.25, 0.3) is 0 Å². The summed E-state index contributed by atoms with van der Waals surface area (Å²) in [5, 5.41) is 0. The largest absolute Gasteiger partial charge is 0.320 e. The summed E-state index contributed by atoms with van der Waals surface area (Å²) in [4.78, 5) is 10.2. The summed E-state index contributed by atoms with van der Waals surface area (Å²) in [6, 6.07) is 0. The van der Waals surface area contributed by atoms with Gasteiger partial charge in [-0.2, -0.15) is 0 Å². The summed E-state index contributed by atoms with van der Waals surface area (Å²) in [5.74, 6) is -0.434. The van der Waals surface area contributed by atoms with Gasteiger partial charge in [0.1, 0.15) is 6.29 Å². The van der Waals surface area contributed by atoms with Crippen molar-refractivity contribution in [3.8, 4) is 0 Å². The molecule has 2 aliphatic rings. The molecule has 3 heteroatoms. The van der Waals surface area contributed by atoms with Crippen LogP contribution in [-0.4, -0.2) is 18.4 Å². The van der Waals surface area contributed by atoms with Crippen LogP contribution in [-0.2, 0) is 14.3 Å². The highest BCUT2D eigenvalue weighted by Crippen LogP contribution is 2.53. The first-order valence-corrected chi connectivity index (χ1v) is 6.27. The second-order valence-electron chi connectivity index (χ2n) is 5.06. The fraction of sp³-hybridized carbons (Fsp3) is 0.643. The summed E-state index contributed by atoms with van der Waals surface area (Å²) in [7, 11) is 0. The van der Waals surface area contributed by atoms with Crippen LogP contribution in [0.5, 0.6) is 0 Å². The van der Waals surface area contributed by atoms with Gasteiger partial charge in [-0.25, -0.2) is 0 Å². The van der Waals surface area contributed by atoms with Gasteiger partial charge in [-0.15, -0.1) is 0 Å². The van der Waals surface area contributed by atoms with E-state index in [1.54, 1.807) is 6.08 Å². The quantitative estimate of drug-likeness (QED) is 0.429. The third-order valence-corrected chi connectivity index (χ3v) is 3.80. The first-order valence-electron chi connectivity index (χ1n) is 6.27. The molecule has 17 heavy (non-hydrogen) atoms. The maximum absolute atomic E-state index is 10.2. The molecule has 0 aromatic carbocycles. The third-order valence-electron chi connectivity index (χ3n) is 3.80. The summed E-state index contributed by atoms with van der Waals surface area (Å²) in [5.41, 5.74) is -0.0923. The van der Waals surface area contributed by atoms with Crippen molar-refractivity contribution in [1.82, 2.24) is 0 Å². The first-order chi connectivity index (χ1) is 8.12. The van der Waals surface area contributed by atoms with Crippen molar-refractivity contribution in [2.45, 2.75) is 51.6 Å². The molecule has 0 N–H and O–H groups in total. The van der Waals surface area contributed by atoms with Gasteiger partial charge in [-0.3, -0.25) is 4.79 Å². The van der Waals surface area contributed by atoms with E-state index < -0.39 is 5.79 Å². The van der Waals surface area contributed by atoms with Crippen molar-refractivity contribution in [2.24, 2.45) is 5.41 Å². The molecule has 1 aliphatic heterocycles. The molecule has 1 atom stereocenters. The predicted molar refractivity (Wildman–Crippen MR) is 65.3 cm³/mol. The van der Waals surface area contributed by atoms with Gasteiger partial charge >= 0.3 is 0 Å². The molecule has 0 amide bonds. The SMILES string of the molecule is CC1OC2(CCCC[C@@]2(C)/C=C/C=C/C=O)O1. The normalized spacial score (nSPS) is 42.1. The molecular weight excluding hydrogens is 216 g/mol. The molecule has 1 aliphatic carbocycles. The van der Waals surface area contributed by atoms with E-state index in [1.165, 1.54) is 12.5 Å². The van der Waals surface area contributed by atoms with E-state index in [2.05, 4.69) is 13.0 Å². The summed E-state index contributed by atoms with van der Waals surface area (Å²) < 4.78 is 11.7. The molecule has 2 fully saturated rings. The molecule has 94 valence electrons. The Morgan fingerprint density at radius 1 is 1.12 bits per heavy atom. The summed E-state index contributed by atoms with van der Waals surface area (Å²) >= 11 is 0. The Morgan fingerprint density at radius 3 is 2.47 bits per heavy atom. The van der Waals surface area contributed by atoms with E-state index in [-0.39, 0.29) is 11.7 Å². The average Bonchev–Trinajstić information content (AvgIpc) is 2.27. The topological polar surface area (TPSA) is 35.5 Å². The van der Waals surface area contributed by atoms with Gasteiger partial charge in [0.05, 0.1) is 0 Å². The molecule has 3 nitrogen and oxygen atoms in total. The Bertz CT molecular complexity index is 334. The lowest BCUT2D eigenvalue weighted by Gasteiger charge is -2.57. The number of aldehydes is 1. The number of hydrogen-bond acceptors (Lipinski definition) is 3. The Kier molecular flexibility index (Phi) is 3.50. The lowest BCUT2D eigenvalue weighted by molar-refractivity contribution is -0.481. The maximum Gasteiger partial charge on any atom is 0.183 e. The predicted octanol–water partition coefficient (Wildman–Crippen LogP) is 2.97. The number of ether oxygens (including phenoxy) is 2. The number of rotatable bonds is 3. The van der Waals surface area contributed by atoms with Crippen molar-refractivity contribution in [2.75, 3.05) is 0 Å². The van der Waals surface area contributed by atoms with Crippen LogP contribution in [0.1, 0.15) is 39.5 Å². The van der Waals surface area contributed by atoms with Crippen molar-refractivity contribution in [1.29, 1.82) is 0 Å². The van der Waals surface area contributed by atoms with Crippen molar-refractivity contribution in [3.63, 3.8) is 0 Å². The summed E-state index contributed by atoms with van der Waals surface area (Å²) in [6.07, 6.45) is 12.3. The Morgan fingerprint density at radius 2 is 1.82 bits per heavy atom. The fourth-order valence-corrected chi connectivity index (χ4v) is 2.85. The molecule has 2 rings (SSSR count). The van der Waals surface area contributed by atoms with Gasteiger partial charge in [0.2, 0.25) is 0 Å². The van der Waals surface area contributed by atoms with Crippen LogP contribution in [0.3, 0.4) is 0 Å². The molecule has 1 saturated heterocycles. The Hall–Kier alpha value is -0.930. The van der Waals surface area contributed by atoms with E-state index >= 15 is 0 Å². The third kappa shape index (κ3) is 2.22. The minimum atomic E-state index is -0.434. The van der Waals surface area contributed by atoms with E-state index in [1.807, 2.05) is 13.0 Å². The van der Waals surface area contributed by atoms with Crippen LogP contribution >= 0.6 is 0 Å². The highest BCUT2D eigenvalue weighted by atomic mass is 16.9. The van der Waals surface area contributed by atoms with Crippen LogP contribution in [0, 0.1) is 5.41 Å². The van der Waals surface area contributed by atoms with Crippen LogP contribution in [0.25, 0.3) is 0 Å². The highest BCUT2D eigenvalue weighted by Gasteiger charge is 2.57. The van der Waals surface area contributed by atoms with Crippen molar-refractivity contribution in [3.05, 3.63) is 24.3 Å². The molecule has 0 radical (unpaired) electrons. The monoisotopic (exact) mass is 236 g/mol. The lowest BCUT2D eigenvalue weighted by Crippen LogP contribution is -2.62. The molecule has 1 heterocycles. The molecule has 0 aromatic heterocycles. The average molecular weight is 236 g/mol. The van der Waals surface area contributed by atoms with Gasteiger partial charge < -0.3 is 9.47 Å². The molecule has 1 saturated carbocycles. The molecular formula is C14H20O3. The Labute approximate surface area is 102 Å². The van der Waals surface area contributed by atoms with Gasteiger partial charge in [0, 0.05) is 11.8 Å². The molecule has 0 bridgehead atoms. The summed E-state index contributed by atoms with van der Waals surface area (Å²) in [6.45, 7) is 4.10. The highest BCUT2D eigenvalue weighted by molar-refractivity contribution is 5.65. The minimum Gasteiger partial charge on any atom is -0.320 e.